The number of rotatable bonds is 5. The quantitative estimate of drug-likeness (QED) is 0.727. The van der Waals surface area contributed by atoms with Crippen LogP contribution in [0.1, 0.15) is 63.1 Å². The summed E-state index contributed by atoms with van der Waals surface area (Å²) in [7, 11) is 0. The Balaban J connectivity index is 1.74. The van der Waals surface area contributed by atoms with Gasteiger partial charge in [-0.05, 0) is 76.1 Å². The predicted octanol–water partition coefficient (Wildman–Crippen LogP) is 5.00. The lowest BCUT2D eigenvalue weighted by molar-refractivity contribution is -0.135. The zero-order chi connectivity index (χ0) is 20.8. The summed E-state index contributed by atoms with van der Waals surface area (Å²) in [5, 5.41) is 1.23. The summed E-state index contributed by atoms with van der Waals surface area (Å²) in [5.41, 5.74) is 10.7. The second kappa shape index (κ2) is 7.77. The van der Waals surface area contributed by atoms with E-state index in [4.69, 9.17) is 5.73 Å². The number of H-pyrrole nitrogens is 1. The maximum Gasteiger partial charge on any atom is 0.233 e. The van der Waals surface area contributed by atoms with Crippen molar-refractivity contribution in [3.8, 4) is 0 Å². The second-order valence-corrected chi connectivity index (χ2v) is 10.3. The molecule has 2 aliphatic rings. The van der Waals surface area contributed by atoms with Gasteiger partial charge in [0.15, 0.2) is 0 Å². The summed E-state index contributed by atoms with van der Waals surface area (Å²) in [6.07, 6.45) is 8.88. The molecule has 4 rings (SSSR count). The summed E-state index contributed by atoms with van der Waals surface area (Å²) >= 11 is 1.73. The van der Waals surface area contributed by atoms with Crippen LogP contribution in [0.15, 0.2) is 23.8 Å². The molecule has 0 spiro atoms. The fraction of sp³-hybridized carbons (Fsp3) is 0.542. The standard InChI is InChI=1S/C24H33N3OS/c1-15-11-16(2)13-17(12-15)21-18(7-8-25)19-14-20(29-22(19)26-21)24(3,4)23(28)27-9-5-6-10-27/h12-15,26H,5-11,25H2,1-4H3. The molecule has 1 unspecified atom stereocenters. The van der Waals surface area contributed by atoms with Crippen LogP contribution in [0.2, 0.25) is 0 Å². The number of hydrogen-bond donors (Lipinski definition) is 2. The van der Waals surface area contributed by atoms with E-state index in [1.807, 2.05) is 4.90 Å². The number of allylic oxidation sites excluding steroid dienone is 4. The van der Waals surface area contributed by atoms with E-state index < -0.39 is 5.41 Å². The molecule has 29 heavy (non-hydrogen) atoms. The number of aromatic amines is 1. The van der Waals surface area contributed by atoms with Gasteiger partial charge < -0.3 is 15.6 Å². The number of aromatic nitrogens is 1. The van der Waals surface area contributed by atoms with E-state index in [1.165, 1.54) is 27.8 Å². The van der Waals surface area contributed by atoms with Crippen molar-refractivity contribution in [2.24, 2.45) is 11.7 Å². The van der Waals surface area contributed by atoms with Gasteiger partial charge in [-0.1, -0.05) is 24.6 Å². The number of carbonyl (C=O) groups excluding carboxylic acids is 1. The number of hydrogen-bond acceptors (Lipinski definition) is 3. The fourth-order valence-electron chi connectivity index (χ4n) is 4.81. The molecule has 4 nitrogen and oxygen atoms in total. The topological polar surface area (TPSA) is 62.1 Å². The molecule has 1 saturated heterocycles. The third-order valence-electron chi connectivity index (χ3n) is 6.33. The Morgan fingerprint density at radius 1 is 1.34 bits per heavy atom. The molecular weight excluding hydrogens is 378 g/mol. The van der Waals surface area contributed by atoms with Gasteiger partial charge >= 0.3 is 0 Å². The van der Waals surface area contributed by atoms with Gasteiger partial charge in [0.25, 0.3) is 0 Å². The molecule has 1 atom stereocenters. The van der Waals surface area contributed by atoms with Gasteiger partial charge in [0.05, 0.1) is 11.1 Å². The monoisotopic (exact) mass is 411 g/mol. The van der Waals surface area contributed by atoms with E-state index in [2.05, 4.69) is 50.9 Å². The molecule has 0 radical (unpaired) electrons. The highest BCUT2D eigenvalue weighted by molar-refractivity contribution is 7.19. The van der Waals surface area contributed by atoms with Gasteiger partial charge in [-0.2, -0.15) is 0 Å². The van der Waals surface area contributed by atoms with E-state index >= 15 is 0 Å². The highest BCUT2D eigenvalue weighted by Gasteiger charge is 2.37. The number of thiophene rings is 1. The van der Waals surface area contributed by atoms with Crippen molar-refractivity contribution in [3.63, 3.8) is 0 Å². The van der Waals surface area contributed by atoms with Crippen molar-refractivity contribution in [1.82, 2.24) is 9.88 Å². The summed E-state index contributed by atoms with van der Waals surface area (Å²) < 4.78 is 0. The molecule has 0 bridgehead atoms. The zero-order valence-electron chi connectivity index (χ0n) is 18.1. The van der Waals surface area contributed by atoms with E-state index in [-0.39, 0.29) is 5.91 Å². The number of nitrogens with zero attached hydrogens (tertiary/aromatic N) is 1. The fourth-order valence-corrected chi connectivity index (χ4v) is 6.00. The first-order chi connectivity index (χ1) is 13.8. The largest absolute Gasteiger partial charge is 0.346 e. The number of nitrogens with two attached hydrogens (primary N) is 1. The summed E-state index contributed by atoms with van der Waals surface area (Å²) in [6, 6.07) is 2.24. The van der Waals surface area contributed by atoms with Crippen molar-refractivity contribution in [2.45, 2.75) is 58.8 Å². The smallest absolute Gasteiger partial charge is 0.233 e. The minimum atomic E-state index is -0.496. The third-order valence-corrected chi connectivity index (χ3v) is 7.71. The molecule has 156 valence electrons. The Hall–Kier alpha value is -1.85. The van der Waals surface area contributed by atoms with Crippen LogP contribution in [-0.2, 0) is 16.6 Å². The van der Waals surface area contributed by atoms with Gasteiger partial charge in [0, 0.05) is 23.4 Å². The molecule has 2 aromatic rings. The normalized spacial score (nSPS) is 20.3. The van der Waals surface area contributed by atoms with Crippen LogP contribution in [0.4, 0.5) is 0 Å². The number of nitrogens with one attached hydrogen (secondary N) is 1. The minimum absolute atomic E-state index is 0.252. The first kappa shape index (κ1) is 20.4. The molecule has 1 amide bonds. The minimum Gasteiger partial charge on any atom is -0.346 e. The van der Waals surface area contributed by atoms with Crippen LogP contribution < -0.4 is 5.73 Å². The Morgan fingerprint density at radius 3 is 2.72 bits per heavy atom. The van der Waals surface area contributed by atoms with E-state index in [9.17, 15) is 4.79 Å². The zero-order valence-corrected chi connectivity index (χ0v) is 18.9. The lowest BCUT2D eigenvalue weighted by Gasteiger charge is -2.28. The molecule has 0 aromatic carbocycles. The molecule has 0 saturated carbocycles. The lowest BCUT2D eigenvalue weighted by atomic mass is 9.88. The third kappa shape index (κ3) is 3.71. The molecule has 1 fully saturated rings. The Labute approximate surface area is 177 Å². The first-order valence-corrected chi connectivity index (χ1v) is 11.7. The van der Waals surface area contributed by atoms with Crippen molar-refractivity contribution in [3.05, 3.63) is 39.9 Å². The van der Waals surface area contributed by atoms with Crippen LogP contribution in [0.25, 0.3) is 15.8 Å². The summed E-state index contributed by atoms with van der Waals surface area (Å²) in [4.78, 5) is 21.2. The Morgan fingerprint density at radius 2 is 2.07 bits per heavy atom. The van der Waals surface area contributed by atoms with Crippen molar-refractivity contribution < 1.29 is 4.79 Å². The SMILES string of the molecule is CC1=CC(c2[nH]c3sc(C(C)(C)C(=O)N4CCCC4)cc3c2CCN)=CC(C)C1. The number of amides is 1. The van der Waals surface area contributed by atoms with Gasteiger partial charge in [-0.25, -0.2) is 0 Å². The Kier molecular flexibility index (Phi) is 5.47. The summed E-state index contributed by atoms with van der Waals surface area (Å²) in [5.74, 6) is 0.802. The molecule has 2 aromatic heterocycles. The van der Waals surface area contributed by atoms with Gasteiger partial charge in [-0.3, -0.25) is 4.79 Å². The van der Waals surface area contributed by atoms with Crippen LogP contribution in [-0.4, -0.2) is 35.4 Å². The van der Waals surface area contributed by atoms with Crippen LogP contribution >= 0.6 is 11.3 Å². The molecular formula is C24H33N3OS. The van der Waals surface area contributed by atoms with Crippen LogP contribution in [0.3, 0.4) is 0 Å². The van der Waals surface area contributed by atoms with Gasteiger partial charge in [0.2, 0.25) is 5.91 Å². The van der Waals surface area contributed by atoms with Crippen molar-refractivity contribution >= 4 is 33.0 Å². The molecule has 1 aliphatic heterocycles. The van der Waals surface area contributed by atoms with E-state index in [1.54, 1.807) is 11.3 Å². The number of likely N-dealkylation sites (tertiary alicyclic amines) is 1. The maximum atomic E-state index is 13.1. The van der Waals surface area contributed by atoms with Crippen LogP contribution in [0, 0.1) is 5.92 Å². The van der Waals surface area contributed by atoms with Crippen molar-refractivity contribution in [1.29, 1.82) is 0 Å². The predicted molar refractivity (Wildman–Crippen MR) is 123 cm³/mol. The maximum absolute atomic E-state index is 13.1. The van der Waals surface area contributed by atoms with E-state index in [0.29, 0.717) is 12.5 Å². The van der Waals surface area contributed by atoms with Crippen LogP contribution in [0.5, 0.6) is 0 Å². The molecule has 3 N–H and O–H groups in total. The molecule has 3 heterocycles. The average Bonchev–Trinajstić information content (AvgIpc) is 3.38. The number of fused-ring (bicyclic) bond motifs is 1. The number of carbonyl (C=O) groups is 1. The average molecular weight is 412 g/mol. The van der Waals surface area contributed by atoms with E-state index in [0.717, 1.165) is 48.5 Å². The summed E-state index contributed by atoms with van der Waals surface area (Å²) in [6.45, 7) is 11.0. The first-order valence-electron chi connectivity index (χ1n) is 10.8. The molecule has 1 aliphatic carbocycles. The second-order valence-electron chi connectivity index (χ2n) is 9.29. The lowest BCUT2D eigenvalue weighted by Crippen LogP contribution is -2.41. The van der Waals surface area contributed by atoms with Gasteiger partial charge in [0.1, 0.15) is 4.83 Å². The highest BCUT2D eigenvalue weighted by Crippen LogP contribution is 2.41. The molecule has 5 heteroatoms. The van der Waals surface area contributed by atoms with Crippen molar-refractivity contribution in [2.75, 3.05) is 19.6 Å². The highest BCUT2D eigenvalue weighted by atomic mass is 32.1. The van der Waals surface area contributed by atoms with Gasteiger partial charge in [-0.15, -0.1) is 11.3 Å². The Bertz CT molecular complexity index is 985.